The van der Waals surface area contributed by atoms with Gasteiger partial charge in [-0.1, -0.05) is 49.6 Å². The monoisotopic (exact) mass is 418 g/mol. The van der Waals surface area contributed by atoms with Crippen LogP contribution in [0.4, 0.5) is 5.69 Å². The maximum Gasteiger partial charge on any atom is 0.253 e. The van der Waals surface area contributed by atoms with Crippen LogP contribution in [0.2, 0.25) is 0 Å². The van der Waals surface area contributed by atoms with Crippen molar-refractivity contribution in [1.82, 2.24) is 5.32 Å². The third kappa shape index (κ3) is 3.67. The molecule has 0 bridgehead atoms. The first-order valence-corrected chi connectivity index (χ1v) is 11.4. The molecule has 3 atom stereocenters. The summed E-state index contributed by atoms with van der Waals surface area (Å²) in [5.74, 6) is 1.24. The fraction of sp³-hybridized carbons (Fsp3) is 0.423. The number of amides is 1. The average molecular weight is 419 g/mol. The van der Waals surface area contributed by atoms with Crippen LogP contribution < -0.4 is 15.4 Å². The highest BCUT2D eigenvalue weighted by atomic mass is 16.5. The first-order valence-electron chi connectivity index (χ1n) is 11.4. The van der Waals surface area contributed by atoms with E-state index in [9.17, 15) is 9.90 Å². The highest BCUT2D eigenvalue weighted by Crippen LogP contribution is 2.51. The molecule has 0 spiro atoms. The zero-order valence-corrected chi connectivity index (χ0v) is 17.9. The number of benzene rings is 2. The molecule has 1 amide bonds. The van der Waals surface area contributed by atoms with E-state index in [1.165, 1.54) is 24.8 Å². The lowest BCUT2D eigenvalue weighted by atomic mass is 9.76. The number of ether oxygens (including phenoxy) is 1. The van der Waals surface area contributed by atoms with Crippen LogP contribution >= 0.6 is 0 Å². The number of fused-ring (bicyclic) bond motifs is 3. The number of nitrogens with one attached hydrogen (secondary N) is 2. The lowest BCUT2D eigenvalue weighted by Crippen LogP contribution is -2.37. The van der Waals surface area contributed by atoms with Crippen LogP contribution in [0.5, 0.6) is 11.5 Å². The van der Waals surface area contributed by atoms with E-state index in [4.69, 9.17) is 4.74 Å². The summed E-state index contributed by atoms with van der Waals surface area (Å²) >= 11 is 0. The summed E-state index contributed by atoms with van der Waals surface area (Å²) < 4.78 is 5.35. The Bertz CT molecular complexity index is 1010. The number of hydrogen-bond donors (Lipinski definition) is 3. The number of carbonyl (C=O) groups excluding carboxylic acids is 1. The van der Waals surface area contributed by atoms with E-state index in [2.05, 4.69) is 28.9 Å². The molecule has 0 radical (unpaired) electrons. The van der Waals surface area contributed by atoms with Gasteiger partial charge in [0.1, 0.15) is 0 Å². The van der Waals surface area contributed by atoms with E-state index in [1.54, 1.807) is 13.2 Å². The lowest BCUT2D eigenvalue weighted by Gasteiger charge is -2.38. The predicted molar refractivity (Wildman–Crippen MR) is 122 cm³/mol. The molecule has 1 aliphatic heterocycles. The second-order valence-electron chi connectivity index (χ2n) is 8.98. The number of para-hydroxylation sites is 1. The first-order chi connectivity index (χ1) is 15.2. The van der Waals surface area contributed by atoms with Crippen molar-refractivity contribution >= 4 is 11.6 Å². The Morgan fingerprint density at radius 1 is 1.16 bits per heavy atom. The summed E-state index contributed by atoms with van der Waals surface area (Å²) in [4.78, 5) is 13.2. The molecule has 162 valence electrons. The lowest BCUT2D eigenvalue weighted by molar-refractivity contribution is 0.0928. The molecule has 2 aromatic rings. The number of allylic oxidation sites excluding steroid dienone is 2. The second-order valence-corrected chi connectivity index (χ2v) is 8.98. The molecular formula is C26H30N2O3. The van der Waals surface area contributed by atoms with Crippen molar-refractivity contribution in [3.05, 3.63) is 65.2 Å². The van der Waals surface area contributed by atoms with Gasteiger partial charge >= 0.3 is 0 Å². The van der Waals surface area contributed by atoms with Crippen molar-refractivity contribution in [3.8, 4) is 11.5 Å². The summed E-state index contributed by atoms with van der Waals surface area (Å²) in [5.41, 5.74) is 3.90. The molecule has 3 N–H and O–H groups in total. The van der Waals surface area contributed by atoms with Gasteiger partial charge in [0.25, 0.3) is 5.91 Å². The van der Waals surface area contributed by atoms with E-state index >= 15 is 0 Å². The second kappa shape index (κ2) is 8.29. The van der Waals surface area contributed by atoms with Crippen LogP contribution in [0, 0.1) is 5.92 Å². The summed E-state index contributed by atoms with van der Waals surface area (Å²) in [7, 11) is 1.57. The first kappa shape index (κ1) is 20.0. The maximum absolute atomic E-state index is 13.2. The van der Waals surface area contributed by atoms with E-state index < -0.39 is 0 Å². The van der Waals surface area contributed by atoms with Crippen LogP contribution in [0.1, 0.15) is 72.0 Å². The molecule has 1 heterocycles. The smallest absolute Gasteiger partial charge is 0.253 e. The molecule has 3 aliphatic rings. The molecule has 5 rings (SSSR count). The van der Waals surface area contributed by atoms with Crippen LogP contribution in [0.15, 0.2) is 48.6 Å². The van der Waals surface area contributed by atoms with Gasteiger partial charge in [0.05, 0.1) is 24.4 Å². The van der Waals surface area contributed by atoms with Gasteiger partial charge < -0.3 is 20.5 Å². The SMILES string of the molecule is COc1cc(C2Nc3c(C(=O)NC4CCCCC4)cccc3C3C=CCC32)ccc1O. The molecule has 0 saturated heterocycles. The average Bonchev–Trinajstić information content (AvgIpc) is 3.29. The Hall–Kier alpha value is -2.95. The number of hydrogen-bond acceptors (Lipinski definition) is 4. The van der Waals surface area contributed by atoms with E-state index in [0.29, 0.717) is 11.7 Å². The molecule has 5 nitrogen and oxygen atoms in total. The van der Waals surface area contributed by atoms with Gasteiger partial charge in [-0.3, -0.25) is 4.79 Å². The van der Waals surface area contributed by atoms with Crippen molar-refractivity contribution in [2.75, 3.05) is 12.4 Å². The number of anilines is 1. The Morgan fingerprint density at radius 3 is 2.81 bits per heavy atom. The highest BCUT2D eigenvalue weighted by Gasteiger charge is 2.39. The van der Waals surface area contributed by atoms with Gasteiger partial charge in [0.2, 0.25) is 0 Å². The Kier molecular flexibility index (Phi) is 5.34. The molecule has 31 heavy (non-hydrogen) atoms. The third-order valence-electron chi connectivity index (χ3n) is 7.14. The summed E-state index contributed by atoms with van der Waals surface area (Å²) in [6, 6.07) is 11.9. The molecular weight excluding hydrogens is 388 g/mol. The van der Waals surface area contributed by atoms with Crippen molar-refractivity contribution in [3.63, 3.8) is 0 Å². The molecule has 0 aromatic heterocycles. The van der Waals surface area contributed by atoms with Crippen molar-refractivity contribution in [1.29, 1.82) is 0 Å². The molecule has 2 aliphatic carbocycles. The van der Waals surface area contributed by atoms with Gasteiger partial charge in [-0.05, 0) is 54.5 Å². The van der Waals surface area contributed by atoms with Crippen LogP contribution in [0.3, 0.4) is 0 Å². The predicted octanol–water partition coefficient (Wildman–Crippen LogP) is 5.29. The number of methoxy groups -OCH3 is 1. The van der Waals surface area contributed by atoms with Gasteiger partial charge in [-0.2, -0.15) is 0 Å². The van der Waals surface area contributed by atoms with Gasteiger partial charge in [0, 0.05) is 12.0 Å². The summed E-state index contributed by atoms with van der Waals surface area (Å²) in [6.07, 6.45) is 11.3. The van der Waals surface area contributed by atoms with Crippen molar-refractivity contribution < 1.29 is 14.6 Å². The van der Waals surface area contributed by atoms with Crippen LogP contribution in [0.25, 0.3) is 0 Å². The topological polar surface area (TPSA) is 70.6 Å². The minimum Gasteiger partial charge on any atom is -0.504 e. The zero-order valence-electron chi connectivity index (χ0n) is 17.9. The van der Waals surface area contributed by atoms with Crippen LogP contribution in [-0.2, 0) is 0 Å². The minimum atomic E-state index is 0.0127. The van der Waals surface area contributed by atoms with E-state index in [0.717, 1.165) is 36.1 Å². The Balaban J connectivity index is 1.49. The molecule has 2 aromatic carbocycles. The minimum absolute atomic E-state index is 0.0127. The molecule has 5 heteroatoms. The number of rotatable bonds is 4. The highest BCUT2D eigenvalue weighted by molar-refractivity contribution is 6.01. The van der Waals surface area contributed by atoms with Gasteiger partial charge in [0.15, 0.2) is 11.5 Å². The summed E-state index contributed by atoms with van der Waals surface area (Å²) in [6.45, 7) is 0. The normalized spacial score (nSPS) is 24.7. The standard InChI is InChI=1S/C26H30N2O3/c1-31-23-15-16(13-14-22(23)29)24-19-10-5-9-18(19)20-11-6-12-21(25(20)28-24)26(30)27-17-7-3-2-4-8-17/h5-6,9,11-15,17-19,24,28-29H,2-4,7-8,10H2,1H3,(H,27,30). The van der Waals surface area contributed by atoms with Crippen LogP contribution in [-0.4, -0.2) is 24.2 Å². The molecule has 1 fully saturated rings. The molecule has 1 saturated carbocycles. The number of phenols is 1. The van der Waals surface area contributed by atoms with E-state index in [-0.39, 0.29) is 29.7 Å². The zero-order chi connectivity index (χ0) is 21.4. The number of phenolic OH excluding ortho intramolecular Hbond substituents is 1. The molecule has 3 unspecified atom stereocenters. The fourth-order valence-corrected chi connectivity index (χ4v) is 5.54. The van der Waals surface area contributed by atoms with E-state index in [1.807, 2.05) is 24.3 Å². The van der Waals surface area contributed by atoms with Crippen molar-refractivity contribution in [2.24, 2.45) is 5.92 Å². The van der Waals surface area contributed by atoms with Gasteiger partial charge in [-0.15, -0.1) is 0 Å². The Morgan fingerprint density at radius 2 is 2.00 bits per heavy atom. The largest absolute Gasteiger partial charge is 0.504 e. The third-order valence-corrected chi connectivity index (χ3v) is 7.14. The number of aromatic hydroxyl groups is 1. The fourth-order valence-electron chi connectivity index (χ4n) is 5.54. The van der Waals surface area contributed by atoms with Crippen molar-refractivity contribution in [2.45, 2.75) is 56.5 Å². The maximum atomic E-state index is 13.2. The Labute approximate surface area is 183 Å². The number of carbonyl (C=O) groups is 1. The quantitative estimate of drug-likeness (QED) is 0.590. The summed E-state index contributed by atoms with van der Waals surface area (Å²) in [5, 5.41) is 17.0. The van der Waals surface area contributed by atoms with Gasteiger partial charge in [-0.25, -0.2) is 0 Å².